The molecule has 0 aliphatic rings. The number of aryl methyl sites for hydroxylation is 1. The van der Waals surface area contributed by atoms with Gasteiger partial charge in [-0.1, -0.05) is 6.07 Å². The third kappa shape index (κ3) is 2.95. The van der Waals surface area contributed by atoms with Crippen molar-refractivity contribution >= 4 is 17.6 Å². The number of anilines is 2. The third-order valence-corrected chi connectivity index (χ3v) is 2.41. The summed E-state index contributed by atoms with van der Waals surface area (Å²) in [6.07, 6.45) is 0. The van der Waals surface area contributed by atoms with Crippen LogP contribution in [0.3, 0.4) is 0 Å². The van der Waals surface area contributed by atoms with Crippen molar-refractivity contribution in [1.29, 1.82) is 0 Å². The molecule has 7 nitrogen and oxygen atoms in total. The Morgan fingerprint density at radius 1 is 1.37 bits per heavy atom. The van der Waals surface area contributed by atoms with Crippen LogP contribution in [0.25, 0.3) is 0 Å². The molecule has 0 bridgehead atoms. The van der Waals surface area contributed by atoms with Crippen LogP contribution in [0.5, 0.6) is 0 Å². The number of nitrogens with one attached hydrogen (secondary N) is 2. The van der Waals surface area contributed by atoms with E-state index in [1.165, 1.54) is 7.11 Å². The maximum Gasteiger partial charge on any atom is 0.337 e. The van der Waals surface area contributed by atoms with E-state index in [1.54, 1.807) is 31.2 Å². The molecule has 98 valence electrons. The molecule has 1 aromatic carbocycles. The first kappa shape index (κ1) is 12.7. The van der Waals surface area contributed by atoms with Crippen LogP contribution in [-0.4, -0.2) is 28.3 Å². The Hall–Kier alpha value is -2.70. The SMILES string of the molecule is COC(=O)c1cccc(Nc2nnc(C)c(=O)[nH]2)c1. The molecule has 0 amide bonds. The first-order valence-electron chi connectivity index (χ1n) is 5.49. The van der Waals surface area contributed by atoms with Crippen LogP contribution < -0.4 is 10.9 Å². The number of ether oxygens (including phenoxy) is 1. The van der Waals surface area contributed by atoms with Gasteiger partial charge in [-0.25, -0.2) is 4.79 Å². The molecule has 0 aliphatic carbocycles. The molecule has 1 aromatic heterocycles. The van der Waals surface area contributed by atoms with E-state index in [9.17, 15) is 9.59 Å². The maximum atomic E-state index is 11.4. The first-order chi connectivity index (χ1) is 9.10. The van der Waals surface area contributed by atoms with Crippen molar-refractivity contribution in [3.8, 4) is 0 Å². The molecule has 0 radical (unpaired) electrons. The van der Waals surface area contributed by atoms with Crippen molar-refractivity contribution in [2.45, 2.75) is 6.92 Å². The molecule has 0 saturated carbocycles. The summed E-state index contributed by atoms with van der Waals surface area (Å²) in [7, 11) is 1.31. The molecule has 1 heterocycles. The highest BCUT2D eigenvalue weighted by Gasteiger charge is 2.06. The summed E-state index contributed by atoms with van der Waals surface area (Å²) in [5.74, 6) is -0.232. The summed E-state index contributed by atoms with van der Waals surface area (Å²) in [4.78, 5) is 25.3. The standard InChI is InChI=1S/C12H12N4O3/c1-7-10(17)14-12(16-15-7)13-9-5-3-4-8(6-9)11(18)19-2/h3-6H,1-2H3,(H2,13,14,16,17). The number of aromatic nitrogens is 3. The highest BCUT2D eigenvalue weighted by molar-refractivity contribution is 5.90. The number of carbonyl (C=O) groups is 1. The molecule has 0 unspecified atom stereocenters. The lowest BCUT2D eigenvalue weighted by Gasteiger charge is -2.06. The number of nitrogens with zero attached hydrogens (tertiary/aromatic N) is 2. The average molecular weight is 260 g/mol. The molecule has 7 heteroatoms. The van der Waals surface area contributed by atoms with Gasteiger partial charge in [0.2, 0.25) is 5.95 Å². The summed E-state index contributed by atoms with van der Waals surface area (Å²) in [5.41, 5.74) is 0.960. The predicted molar refractivity (Wildman–Crippen MR) is 68.5 cm³/mol. The van der Waals surface area contributed by atoms with E-state index in [2.05, 4.69) is 25.2 Å². The van der Waals surface area contributed by atoms with Crippen molar-refractivity contribution in [2.24, 2.45) is 0 Å². The van der Waals surface area contributed by atoms with Gasteiger partial charge >= 0.3 is 5.97 Å². The molecule has 19 heavy (non-hydrogen) atoms. The highest BCUT2D eigenvalue weighted by atomic mass is 16.5. The van der Waals surface area contributed by atoms with Crippen molar-refractivity contribution in [3.63, 3.8) is 0 Å². The van der Waals surface area contributed by atoms with E-state index in [0.29, 0.717) is 11.3 Å². The number of hydrogen-bond acceptors (Lipinski definition) is 6. The summed E-state index contributed by atoms with van der Waals surface area (Å²) in [6, 6.07) is 6.63. The lowest BCUT2D eigenvalue weighted by Crippen LogP contribution is -2.15. The second kappa shape index (κ2) is 5.30. The molecule has 2 N–H and O–H groups in total. The Bertz CT molecular complexity index is 666. The van der Waals surface area contributed by atoms with E-state index >= 15 is 0 Å². The summed E-state index contributed by atoms with van der Waals surface area (Å²) >= 11 is 0. The number of hydrogen-bond donors (Lipinski definition) is 2. The topological polar surface area (TPSA) is 97.0 Å². The van der Waals surface area contributed by atoms with Crippen molar-refractivity contribution in [1.82, 2.24) is 15.2 Å². The fourth-order valence-electron chi connectivity index (χ4n) is 1.43. The zero-order chi connectivity index (χ0) is 13.8. The van der Waals surface area contributed by atoms with Gasteiger partial charge < -0.3 is 10.1 Å². The van der Waals surface area contributed by atoms with Crippen LogP contribution in [-0.2, 0) is 4.74 Å². The van der Waals surface area contributed by atoms with Crippen LogP contribution in [0.1, 0.15) is 16.1 Å². The van der Waals surface area contributed by atoms with Crippen LogP contribution >= 0.6 is 0 Å². The second-order valence-electron chi connectivity index (χ2n) is 3.79. The van der Waals surface area contributed by atoms with Crippen LogP contribution in [0.2, 0.25) is 0 Å². The largest absolute Gasteiger partial charge is 0.465 e. The van der Waals surface area contributed by atoms with Crippen molar-refractivity contribution in [3.05, 3.63) is 45.9 Å². The Kier molecular flexibility index (Phi) is 3.56. The maximum absolute atomic E-state index is 11.4. The Morgan fingerprint density at radius 3 is 2.84 bits per heavy atom. The fraction of sp³-hybridized carbons (Fsp3) is 0.167. The van der Waals surface area contributed by atoms with Crippen molar-refractivity contribution < 1.29 is 9.53 Å². The number of methoxy groups -OCH3 is 1. The zero-order valence-electron chi connectivity index (χ0n) is 10.4. The molecule has 2 aromatic rings. The number of H-pyrrole nitrogens is 1. The average Bonchev–Trinajstić information content (AvgIpc) is 2.42. The number of carbonyl (C=O) groups excluding carboxylic acids is 1. The van der Waals surface area contributed by atoms with Gasteiger partial charge in [0.1, 0.15) is 5.69 Å². The lowest BCUT2D eigenvalue weighted by atomic mass is 10.2. The minimum absolute atomic E-state index is 0.206. The van der Waals surface area contributed by atoms with E-state index in [0.717, 1.165) is 0 Å². The van der Waals surface area contributed by atoms with E-state index in [1.807, 2.05) is 0 Å². The van der Waals surface area contributed by atoms with Gasteiger partial charge in [0, 0.05) is 5.69 Å². The second-order valence-corrected chi connectivity index (χ2v) is 3.79. The quantitative estimate of drug-likeness (QED) is 0.799. The summed E-state index contributed by atoms with van der Waals surface area (Å²) in [5, 5.41) is 10.4. The zero-order valence-corrected chi connectivity index (χ0v) is 10.4. The van der Waals surface area contributed by atoms with Crippen LogP contribution in [0.4, 0.5) is 11.6 Å². The summed E-state index contributed by atoms with van der Waals surface area (Å²) < 4.78 is 4.62. The molecule has 0 saturated heterocycles. The Balaban J connectivity index is 2.25. The van der Waals surface area contributed by atoms with Gasteiger partial charge in [0.05, 0.1) is 12.7 Å². The molecule has 0 fully saturated rings. The Morgan fingerprint density at radius 2 is 2.16 bits per heavy atom. The number of benzene rings is 1. The number of esters is 1. The smallest absolute Gasteiger partial charge is 0.337 e. The Labute approximate surface area is 108 Å². The molecular weight excluding hydrogens is 248 g/mol. The van der Waals surface area contributed by atoms with Crippen molar-refractivity contribution in [2.75, 3.05) is 12.4 Å². The van der Waals surface area contributed by atoms with Crippen LogP contribution in [0, 0.1) is 6.92 Å². The fourth-order valence-corrected chi connectivity index (χ4v) is 1.43. The van der Waals surface area contributed by atoms with E-state index < -0.39 is 5.97 Å². The van der Waals surface area contributed by atoms with Gasteiger partial charge in [0.15, 0.2) is 0 Å². The van der Waals surface area contributed by atoms with E-state index in [4.69, 9.17) is 0 Å². The minimum Gasteiger partial charge on any atom is -0.465 e. The van der Waals surface area contributed by atoms with Crippen LogP contribution in [0.15, 0.2) is 29.1 Å². The molecule has 0 aliphatic heterocycles. The molecule has 2 rings (SSSR count). The minimum atomic E-state index is -0.438. The van der Waals surface area contributed by atoms with Gasteiger partial charge in [-0.3, -0.25) is 9.78 Å². The summed E-state index contributed by atoms with van der Waals surface area (Å²) in [6.45, 7) is 1.56. The predicted octanol–water partition coefficient (Wildman–Crippen LogP) is 1.00. The molecule has 0 atom stereocenters. The molecule has 0 spiro atoms. The van der Waals surface area contributed by atoms with Gasteiger partial charge in [-0.2, -0.15) is 0 Å². The highest BCUT2D eigenvalue weighted by Crippen LogP contribution is 2.14. The third-order valence-electron chi connectivity index (χ3n) is 2.41. The molecular formula is C12H12N4O3. The lowest BCUT2D eigenvalue weighted by molar-refractivity contribution is 0.0601. The van der Waals surface area contributed by atoms with Gasteiger partial charge in [0.25, 0.3) is 5.56 Å². The van der Waals surface area contributed by atoms with E-state index in [-0.39, 0.29) is 17.2 Å². The number of rotatable bonds is 3. The normalized spacial score (nSPS) is 10.0. The monoisotopic (exact) mass is 260 g/mol. The van der Waals surface area contributed by atoms with Gasteiger partial charge in [-0.05, 0) is 25.1 Å². The number of aromatic amines is 1. The van der Waals surface area contributed by atoms with Gasteiger partial charge in [-0.15, -0.1) is 10.2 Å². The first-order valence-corrected chi connectivity index (χ1v) is 5.49.